The lowest BCUT2D eigenvalue weighted by Gasteiger charge is -2.22. The van der Waals surface area contributed by atoms with Gasteiger partial charge in [0.15, 0.2) is 0 Å². The summed E-state index contributed by atoms with van der Waals surface area (Å²) in [7, 11) is -1.94. The molecule has 21 heavy (non-hydrogen) atoms. The van der Waals surface area contributed by atoms with E-state index in [9.17, 15) is 8.42 Å². The van der Waals surface area contributed by atoms with Crippen LogP contribution < -0.4 is 10.0 Å². The molecular formula is C14H24ClN3O2S. The van der Waals surface area contributed by atoms with Crippen LogP contribution in [0.2, 0.25) is 5.02 Å². The fraction of sp³-hybridized carbons (Fsp3) is 0.571. The topological polar surface area (TPSA) is 61.4 Å². The van der Waals surface area contributed by atoms with Crippen molar-refractivity contribution < 1.29 is 8.42 Å². The maximum Gasteiger partial charge on any atom is 0.279 e. The maximum absolute atomic E-state index is 12.2. The summed E-state index contributed by atoms with van der Waals surface area (Å²) < 4.78 is 28.5. The average Bonchev–Trinajstić information content (AvgIpc) is 2.43. The lowest BCUT2D eigenvalue weighted by Crippen LogP contribution is -2.40. The van der Waals surface area contributed by atoms with Gasteiger partial charge in [0.2, 0.25) is 0 Å². The van der Waals surface area contributed by atoms with E-state index in [1.54, 1.807) is 20.0 Å². The normalized spacial score (nSPS) is 13.6. The highest BCUT2D eigenvalue weighted by atomic mass is 35.5. The van der Waals surface area contributed by atoms with Gasteiger partial charge in [-0.2, -0.15) is 17.4 Å². The van der Waals surface area contributed by atoms with Crippen molar-refractivity contribution in [2.75, 3.05) is 26.7 Å². The molecule has 0 aliphatic heterocycles. The Bertz CT molecular complexity index is 537. The Hall–Kier alpha value is -0.660. The van der Waals surface area contributed by atoms with Gasteiger partial charge in [-0.05, 0) is 38.1 Å². The van der Waals surface area contributed by atoms with Crippen LogP contribution >= 0.6 is 11.6 Å². The molecule has 5 nitrogen and oxygen atoms in total. The van der Waals surface area contributed by atoms with Gasteiger partial charge in [-0.25, -0.2) is 0 Å². The highest BCUT2D eigenvalue weighted by Crippen LogP contribution is 2.22. The van der Waals surface area contributed by atoms with Gasteiger partial charge in [-0.15, -0.1) is 0 Å². The molecule has 1 unspecified atom stereocenters. The fourth-order valence-corrected chi connectivity index (χ4v) is 3.35. The average molecular weight is 334 g/mol. The minimum absolute atomic E-state index is 0.375. The zero-order valence-corrected chi connectivity index (χ0v) is 14.3. The van der Waals surface area contributed by atoms with Crippen molar-refractivity contribution in [3.63, 3.8) is 0 Å². The van der Waals surface area contributed by atoms with Crippen molar-refractivity contribution >= 4 is 21.8 Å². The summed E-state index contributed by atoms with van der Waals surface area (Å²) in [4.78, 5) is 0. The van der Waals surface area contributed by atoms with Crippen LogP contribution in [-0.2, 0) is 10.2 Å². The lowest BCUT2D eigenvalue weighted by molar-refractivity contribution is 0.439. The molecule has 0 radical (unpaired) electrons. The first-order valence-electron chi connectivity index (χ1n) is 7.07. The number of hydrogen-bond donors (Lipinski definition) is 2. The lowest BCUT2D eigenvalue weighted by atomic mass is 10.1. The van der Waals surface area contributed by atoms with Gasteiger partial charge in [0.25, 0.3) is 10.2 Å². The highest BCUT2D eigenvalue weighted by Gasteiger charge is 2.21. The molecule has 2 N–H and O–H groups in total. The molecule has 0 aliphatic carbocycles. The number of nitrogens with one attached hydrogen (secondary N) is 2. The summed E-state index contributed by atoms with van der Waals surface area (Å²) in [5, 5.41) is 3.73. The molecule has 0 saturated carbocycles. The molecule has 0 heterocycles. The molecular weight excluding hydrogens is 310 g/mol. The van der Waals surface area contributed by atoms with Gasteiger partial charge in [-0.3, -0.25) is 0 Å². The predicted molar refractivity (Wildman–Crippen MR) is 87.7 cm³/mol. The molecule has 0 bridgehead atoms. The van der Waals surface area contributed by atoms with Crippen LogP contribution in [0.4, 0.5) is 0 Å². The Morgan fingerprint density at radius 3 is 2.62 bits per heavy atom. The molecule has 0 spiro atoms. The molecule has 1 rings (SSSR count). The largest absolute Gasteiger partial charge is 0.317 e. The van der Waals surface area contributed by atoms with Crippen LogP contribution in [0.1, 0.15) is 31.9 Å². The van der Waals surface area contributed by atoms with Gasteiger partial charge in [0.05, 0.1) is 0 Å². The van der Waals surface area contributed by atoms with Crippen LogP contribution in [-0.4, -0.2) is 39.4 Å². The number of benzene rings is 1. The quantitative estimate of drug-likeness (QED) is 0.681. The number of hydrogen-bond acceptors (Lipinski definition) is 3. The van der Waals surface area contributed by atoms with E-state index in [-0.39, 0.29) is 6.04 Å². The minimum Gasteiger partial charge on any atom is -0.317 e. The van der Waals surface area contributed by atoms with E-state index >= 15 is 0 Å². The summed E-state index contributed by atoms with van der Waals surface area (Å²) >= 11 is 6.09. The Morgan fingerprint density at radius 1 is 1.33 bits per heavy atom. The maximum atomic E-state index is 12.2. The van der Waals surface area contributed by atoms with Gasteiger partial charge < -0.3 is 5.32 Å². The van der Waals surface area contributed by atoms with Crippen LogP contribution in [0, 0.1) is 0 Å². The zero-order chi connectivity index (χ0) is 15.9. The van der Waals surface area contributed by atoms with Crippen molar-refractivity contribution in [3.8, 4) is 0 Å². The van der Waals surface area contributed by atoms with Crippen LogP contribution in [0.3, 0.4) is 0 Å². The molecule has 0 saturated heterocycles. The van der Waals surface area contributed by atoms with E-state index in [2.05, 4.69) is 10.0 Å². The molecule has 0 amide bonds. The third-order valence-electron chi connectivity index (χ3n) is 3.18. The zero-order valence-electron chi connectivity index (χ0n) is 12.8. The van der Waals surface area contributed by atoms with Gasteiger partial charge >= 0.3 is 0 Å². The number of nitrogens with zero attached hydrogens (tertiary/aromatic N) is 1. The van der Waals surface area contributed by atoms with E-state index in [0.29, 0.717) is 11.6 Å². The first-order valence-corrected chi connectivity index (χ1v) is 8.89. The van der Waals surface area contributed by atoms with Crippen molar-refractivity contribution in [3.05, 3.63) is 34.9 Å². The first-order chi connectivity index (χ1) is 9.88. The van der Waals surface area contributed by atoms with Crippen molar-refractivity contribution in [2.45, 2.75) is 26.3 Å². The Labute approximate surface area is 132 Å². The minimum atomic E-state index is -3.51. The molecule has 120 valence electrons. The predicted octanol–water partition coefficient (Wildman–Crippen LogP) is 2.17. The Kier molecular flexibility index (Phi) is 7.62. The fourth-order valence-electron chi connectivity index (χ4n) is 1.93. The first kappa shape index (κ1) is 18.4. The third kappa shape index (κ3) is 5.92. The monoisotopic (exact) mass is 333 g/mol. The number of halogens is 1. The molecule has 1 aromatic rings. The molecule has 1 atom stereocenters. The van der Waals surface area contributed by atoms with E-state index in [1.165, 1.54) is 4.31 Å². The third-order valence-corrected chi connectivity index (χ3v) is 5.18. The van der Waals surface area contributed by atoms with Gasteiger partial charge in [0, 0.05) is 24.7 Å². The molecule has 1 aromatic carbocycles. The molecule has 7 heteroatoms. The summed E-state index contributed by atoms with van der Waals surface area (Å²) in [5.41, 5.74) is 0.767. The molecule has 0 aliphatic rings. The second kappa shape index (κ2) is 8.70. The van der Waals surface area contributed by atoms with Crippen molar-refractivity contribution in [1.29, 1.82) is 0 Å². The van der Waals surface area contributed by atoms with Crippen molar-refractivity contribution in [2.24, 2.45) is 0 Å². The van der Waals surface area contributed by atoms with E-state index in [4.69, 9.17) is 11.6 Å². The number of rotatable bonds is 9. The van der Waals surface area contributed by atoms with E-state index in [1.807, 2.05) is 25.1 Å². The van der Waals surface area contributed by atoms with Crippen LogP contribution in [0.5, 0.6) is 0 Å². The second-order valence-electron chi connectivity index (χ2n) is 4.89. The standard InChI is InChI=1S/C14H24ClN3O2S/c1-4-16-10-7-11-18(3)21(19,20)17-12(2)13-8-5-6-9-14(13)15/h5-6,8-9,12,16-17H,4,7,10-11H2,1-3H3. The Balaban J connectivity index is 2.61. The summed E-state index contributed by atoms with van der Waals surface area (Å²) in [6.07, 6.45) is 0.770. The SMILES string of the molecule is CCNCCCN(C)S(=O)(=O)NC(C)c1ccccc1Cl. The van der Waals surface area contributed by atoms with Crippen LogP contribution in [0.25, 0.3) is 0 Å². The van der Waals surface area contributed by atoms with Gasteiger partial charge in [-0.1, -0.05) is 36.7 Å². The smallest absolute Gasteiger partial charge is 0.279 e. The second-order valence-corrected chi connectivity index (χ2v) is 7.11. The Morgan fingerprint density at radius 2 is 2.00 bits per heavy atom. The van der Waals surface area contributed by atoms with Crippen LogP contribution in [0.15, 0.2) is 24.3 Å². The highest BCUT2D eigenvalue weighted by molar-refractivity contribution is 7.87. The van der Waals surface area contributed by atoms with Crippen molar-refractivity contribution in [1.82, 2.24) is 14.3 Å². The summed E-state index contributed by atoms with van der Waals surface area (Å²) in [6, 6.07) is 6.86. The van der Waals surface area contributed by atoms with E-state index < -0.39 is 10.2 Å². The summed E-state index contributed by atoms with van der Waals surface area (Å²) in [6.45, 7) is 5.96. The van der Waals surface area contributed by atoms with E-state index in [0.717, 1.165) is 25.1 Å². The summed E-state index contributed by atoms with van der Waals surface area (Å²) in [5.74, 6) is 0. The van der Waals surface area contributed by atoms with Gasteiger partial charge in [0.1, 0.15) is 0 Å². The molecule has 0 fully saturated rings. The molecule has 0 aromatic heterocycles.